The van der Waals surface area contributed by atoms with Gasteiger partial charge in [-0.15, -0.1) is 0 Å². The number of hydrogen-bond donors (Lipinski definition) is 4. The molecule has 3 aromatic heterocycles. The number of aromatic nitrogens is 5. The molecular weight excluding hydrogens is 1350 g/mol. The Labute approximate surface area is 570 Å². The van der Waals surface area contributed by atoms with E-state index in [9.17, 15) is 42.2 Å². The maximum atomic E-state index is 13.1. The lowest BCUT2D eigenvalue weighted by molar-refractivity contribution is -0.189. The average Bonchev–Trinajstić information content (AvgIpc) is 1.65. The number of aliphatic hydroxyl groups excluding tert-OH is 1. The van der Waals surface area contributed by atoms with Gasteiger partial charge in [0.1, 0.15) is 36.6 Å². The second-order valence-electron chi connectivity index (χ2n) is 22.1. The Hall–Kier alpha value is -4.95. The first kappa shape index (κ1) is 90.1. The van der Waals surface area contributed by atoms with Crippen molar-refractivity contribution in [2.75, 3.05) is 53.9 Å². The van der Waals surface area contributed by atoms with Gasteiger partial charge in [0.15, 0.2) is 27.2 Å². The quantitative estimate of drug-likeness (QED) is 0.0142. The summed E-state index contributed by atoms with van der Waals surface area (Å²) < 4.78 is 119. The first-order valence-corrected chi connectivity index (χ1v) is 37.0. The van der Waals surface area contributed by atoms with Crippen molar-refractivity contribution >= 4 is 32.2 Å². The number of methoxy groups -OCH3 is 2. The number of aromatic amines is 2. The number of nitriles is 2. The van der Waals surface area contributed by atoms with Crippen molar-refractivity contribution in [3.8, 4) is 12.1 Å². The molecule has 5 heterocycles. The van der Waals surface area contributed by atoms with E-state index in [0.29, 0.717) is 37.2 Å². The zero-order valence-corrected chi connectivity index (χ0v) is 62.3. The van der Waals surface area contributed by atoms with Gasteiger partial charge in [0.05, 0.1) is 64.6 Å². The minimum atomic E-state index is -3.59. The van der Waals surface area contributed by atoms with Crippen LogP contribution >= 0.6 is 32.2 Å². The smallest absolute Gasteiger partial charge is 0.353 e. The molecule has 0 spiro atoms. The summed E-state index contributed by atoms with van der Waals surface area (Å²) in [6, 6.07) is 14.0. The molecule has 2 fully saturated rings. The van der Waals surface area contributed by atoms with Crippen LogP contribution in [0.5, 0.6) is 0 Å². The molecule has 5 rings (SSSR count). The van der Waals surface area contributed by atoms with Gasteiger partial charge in [-0.05, 0) is 135 Å². The van der Waals surface area contributed by atoms with Gasteiger partial charge >= 0.3 is 32.7 Å². The second kappa shape index (κ2) is 48.0. The van der Waals surface area contributed by atoms with Gasteiger partial charge < -0.3 is 60.6 Å². The van der Waals surface area contributed by atoms with E-state index in [0.717, 1.165) is 10.6 Å². The average molecular weight is 1460 g/mol. The third-order valence-electron chi connectivity index (χ3n) is 12.9. The molecule has 0 radical (unpaired) electrons. The molecule has 36 heteroatoms. The zero-order chi connectivity index (χ0) is 73.6. The molecule has 2 aliphatic rings. The number of pyridine rings is 1. The molecule has 97 heavy (non-hydrogen) atoms. The molecule has 0 bridgehead atoms. The van der Waals surface area contributed by atoms with Crippen LogP contribution in [0.1, 0.15) is 136 Å². The minimum absolute atomic E-state index is 0.0317. The lowest BCUT2D eigenvalue weighted by Gasteiger charge is -2.45. The number of halogens is 2. The van der Waals surface area contributed by atoms with Crippen molar-refractivity contribution in [3.05, 3.63) is 133 Å². The lowest BCUT2D eigenvalue weighted by Crippen LogP contribution is -2.43. The van der Waals surface area contributed by atoms with E-state index >= 15 is 0 Å². The van der Waals surface area contributed by atoms with Gasteiger partial charge in [0.25, 0.3) is 19.6 Å². The molecule has 0 aromatic carbocycles. The van der Waals surface area contributed by atoms with Gasteiger partial charge in [-0.3, -0.25) is 42.8 Å². The fraction of sp³-hybridized carbons (Fsp3) is 0.656. The number of rotatable bonds is 34. The van der Waals surface area contributed by atoms with Crippen molar-refractivity contribution in [2.24, 2.45) is 0 Å². The monoisotopic (exact) mass is 1460 g/mol. The molecule has 30 nitrogen and oxygen atoms in total. The van der Waals surface area contributed by atoms with Gasteiger partial charge in [0.2, 0.25) is 0 Å². The lowest BCUT2D eigenvalue weighted by atomic mass is 10.1. The van der Waals surface area contributed by atoms with Crippen molar-refractivity contribution < 1.29 is 83.8 Å². The van der Waals surface area contributed by atoms with Crippen molar-refractivity contribution in [1.82, 2.24) is 38.1 Å². The van der Waals surface area contributed by atoms with Crippen LogP contribution in [0.4, 0.5) is 8.78 Å². The second-order valence-corrected chi connectivity index (χ2v) is 29.0. The number of aliphatic hydroxyl groups is 1. The highest BCUT2D eigenvalue weighted by atomic mass is 31.2. The van der Waals surface area contributed by atoms with Crippen LogP contribution in [0.2, 0.25) is 0 Å². The first-order valence-electron chi connectivity index (χ1n) is 31.5. The number of hydrogen-bond acceptors (Lipinski definition) is 26. The highest BCUT2D eigenvalue weighted by Crippen LogP contribution is 2.54. The topological polar surface area (TPSA) is 365 Å². The Bertz CT molecular complexity index is 3110. The summed E-state index contributed by atoms with van der Waals surface area (Å²) in [6.07, 6.45) is -0.0529. The maximum Gasteiger partial charge on any atom is 0.353 e. The molecule has 2 saturated heterocycles. The molecule has 9 atom stereocenters. The summed E-state index contributed by atoms with van der Waals surface area (Å²) in [7, 11) is -6.81. The number of ether oxygens (including phenoxy) is 4. The molecule has 0 saturated carbocycles. The molecule has 0 aliphatic carbocycles. The third kappa shape index (κ3) is 31.2. The first-order chi connectivity index (χ1) is 45.9. The highest BCUT2D eigenvalue weighted by Gasteiger charge is 2.49. The summed E-state index contributed by atoms with van der Waals surface area (Å²) in [4.78, 5) is 58.5. The van der Waals surface area contributed by atoms with E-state index in [1.54, 1.807) is 40.1 Å². The van der Waals surface area contributed by atoms with Crippen LogP contribution in [0.15, 0.2) is 110 Å². The number of nitrogens with one attached hydrogen (secondary N) is 2. The van der Waals surface area contributed by atoms with Gasteiger partial charge in [-0.25, -0.2) is 28.9 Å². The molecule has 0 amide bonds. The van der Waals surface area contributed by atoms with Gasteiger partial charge in [-0.1, -0.05) is 6.07 Å². The minimum Gasteiger partial charge on any atom is -0.387 e. The van der Waals surface area contributed by atoms with E-state index in [-0.39, 0.29) is 57.8 Å². The summed E-state index contributed by atoms with van der Waals surface area (Å²) in [5.74, 6) is 2.53. The van der Waals surface area contributed by atoms with E-state index in [1.165, 1.54) is 61.0 Å². The largest absolute Gasteiger partial charge is 0.387 e. The molecule has 2 aliphatic heterocycles. The van der Waals surface area contributed by atoms with E-state index in [4.69, 9.17) is 66.4 Å². The van der Waals surface area contributed by atoms with Crippen LogP contribution in [-0.4, -0.2) is 175 Å². The molecule has 3 aromatic rings. The Morgan fingerprint density at radius 2 is 1.03 bits per heavy atom. The number of H-pyrrole nitrogens is 2. The van der Waals surface area contributed by atoms with Crippen molar-refractivity contribution in [1.29, 1.82) is 10.5 Å². The van der Waals surface area contributed by atoms with Crippen LogP contribution in [0.3, 0.4) is 0 Å². The SMILES string of the molecule is CC(C)N(C(C)C)P(OCCC#N)N(C(C)C)C(C)C.CCOP(=O)(/C=C/[C@H]1O[C@@H](n2ccc(=O)[nH]c2=O)[C@@H](OC)C1O)OCC.CCOP(=O)(/C=C/[C@H]1O[C@@H](n2ccc(=O)[nH]c2=O)[C@@H](OC)C1OP(OCCC#N)N(C(C)C)C(C)C)OCC.OOC=C(F)F.c1ccncc1. The predicted molar refractivity (Wildman–Crippen MR) is 364 cm³/mol. The Morgan fingerprint density at radius 1 is 0.639 bits per heavy atom. The Balaban J connectivity index is 0.000000697. The van der Waals surface area contributed by atoms with E-state index in [2.05, 4.69) is 96.7 Å². The third-order valence-corrected chi connectivity index (χ3v) is 21.7. The van der Waals surface area contributed by atoms with Crippen LogP contribution < -0.4 is 22.5 Å². The molecular formula is C61H102F2N10O20P4. The zero-order valence-electron chi connectivity index (χ0n) is 58.7. The van der Waals surface area contributed by atoms with Crippen molar-refractivity contribution in [2.45, 2.75) is 209 Å². The van der Waals surface area contributed by atoms with E-state index in [1.807, 2.05) is 50.6 Å². The number of nitrogens with zero attached hydrogens (tertiary/aromatic N) is 8. The summed E-state index contributed by atoms with van der Waals surface area (Å²) in [6.45, 7) is 33.8. The Morgan fingerprint density at radius 3 is 1.35 bits per heavy atom. The summed E-state index contributed by atoms with van der Waals surface area (Å²) in [5.41, 5.74) is -2.49. The maximum absolute atomic E-state index is 13.1. The van der Waals surface area contributed by atoms with E-state index < -0.39 is 110 Å². The van der Waals surface area contributed by atoms with Crippen LogP contribution in [0, 0.1) is 22.7 Å². The van der Waals surface area contributed by atoms with Crippen molar-refractivity contribution in [3.63, 3.8) is 0 Å². The highest BCUT2D eigenvalue weighted by molar-refractivity contribution is 7.57. The van der Waals surface area contributed by atoms with Gasteiger partial charge in [0, 0.05) is 99.0 Å². The normalized spacial score (nSPS) is 19.9. The van der Waals surface area contributed by atoms with Crippen LogP contribution in [0.25, 0.3) is 0 Å². The fourth-order valence-electron chi connectivity index (χ4n) is 9.49. The summed E-state index contributed by atoms with van der Waals surface area (Å²) >= 11 is 0. The van der Waals surface area contributed by atoms with Gasteiger partial charge in [-0.2, -0.15) is 19.3 Å². The predicted octanol–water partition coefficient (Wildman–Crippen LogP) is 11.2. The Kier molecular flexibility index (Phi) is 44.5. The van der Waals surface area contributed by atoms with Crippen LogP contribution in [-0.2, 0) is 64.6 Å². The summed E-state index contributed by atoms with van der Waals surface area (Å²) in [5, 5.41) is 35.4. The molecule has 3 unspecified atom stereocenters. The molecule has 4 N–H and O–H groups in total. The standard InChI is InChI=1S/C24H40N4O9P2.C15H32N3OP.C15H23N2O8P.C5H5N.C2H2F2O2/c1-8-34-39(31,35-9-2)16-12-19-21(37-38(33-15-10-13-25)28(17(3)4)18(5)6)22(32-7)23(36-19)27-14-11-20(29)26-24(27)30;1-12(2)17(13(3)4)20(19-11-9-10-16)18(14(5)6)15(7)8;1-4-23-26(21,24-5-2)9-7-10-12(19)13(22-3)14(25-10)17-8-6-11(18)16-15(17)20;1-2-4-6-5-3-1;3-2(4)1-6-5/h11-12,14,16-19,21-23H,8-10,15H2,1-7H3,(H,26,29,30);12-15H,9,11H2,1-8H3;6-10,12-14,19H,4-5H2,1-3H3,(H,16,18,20);1-5H;1,5H/b16-12+;;9-7+;;/t19-,21?,22+,23-,38?;;10-,12?,13+,14-;;/m1.1../s1. The fourth-order valence-corrected chi connectivity index (χ4v) is 16.3. The molecule has 550 valence electrons.